The van der Waals surface area contributed by atoms with E-state index in [2.05, 4.69) is 24.5 Å². The van der Waals surface area contributed by atoms with Crippen LogP contribution in [0.25, 0.3) is 0 Å². The largest absolute Gasteiger partial charge is 0.493 e. The van der Waals surface area contributed by atoms with Gasteiger partial charge >= 0.3 is 0 Å². The minimum Gasteiger partial charge on any atom is -0.493 e. The van der Waals surface area contributed by atoms with E-state index in [-0.39, 0.29) is 11.8 Å². The van der Waals surface area contributed by atoms with Gasteiger partial charge in [-0.1, -0.05) is 43.6 Å². The van der Waals surface area contributed by atoms with Gasteiger partial charge in [0.25, 0.3) is 11.8 Å². The van der Waals surface area contributed by atoms with Crippen LogP contribution in [0.4, 0.5) is 0 Å². The van der Waals surface area contributed by atoms with Crippen LogP contribution in [-0.4, -0.2) is 31.5 Å². The lowest BCUT2D eigenvalue weighted by Gasteiger charge is -2.11. The van der Waals surface area contributed by atoms with Crippen LogP contribution in [0.1, 0.15) is 34.6 Å². The normalized spacial score (nSPS) is 10.5. The molecule has 138 valence electrons. The maximum atomic E-state index is 12.2. The second-order valence-corrected chi connectivity index (χ2v) is 6.63. The number of amides is 2. The van der Waals surface area contributed by atoms with Crippen LogP contribution in [0.3, 0.4) is 0 Å². The Labute approximate surface area is 158 Å². The summed E-state index contributed by atoms with van der Waals surface area (Å²) < 4.78 is 5.63. The summed E-state index contributed by atoms with van der Waals surface area (Å²) in [5.41, 5.74) is 0.930. The third-order valence-electron chi connectivity index (χ3n) is 3.49. The number of benzene rings is 2. The average molecular weight is 375 g/mol. The van der Waals surface area contributed by atoms with E-state index in [1.54, 1.807) is 42.5 Å². The highest BCUT2D eigenvalue weighted by Gasteiger charge is 2.10. The first-order valence-electron chi connectivity index (χ1n) is 8.51. The summed E-state index contributed by atoms with van der Waals surface area (Å²) in [6.45, 7) is 5.34. The van der Waals surface area contributed by atoms with E-state index < -0.39 is 0 Å². The number of carbonyl (C=O) groups excluding carboxylic acids is 2. The van der Waals surface area contributed by atoms with Crippen molar-refractivity contribution in [3.05, 3.63) is 64.7 Å². The number of halogens is 1. The Hall–Kier alpha value is -2.53. The van der Waals surface area contributed by atoms with Crippen LogP contribution < -0.4 is 15.4 Å². The molecule has 0 atom stereocenters. The Balaban J connectivity index is 1.79. The van der Waals surface area contributed by atoms with Crippen LogP contribution >= 0.6 is 11.6 Å². The molecule has 2 N–H and O–H groups in total. The highest BCUT2D eigenvalue weighted by Crippen LogP contribution is 2.15. The molecule has 0 unspecified atom stereocenters. The summed E-state index contributed by atoms with van der Waals surface area (Å²) in [6, 6.07) is 13.9. The first-order chi connectivity index (χ1) is 12.5. The van der Waals surface area contributed by atoms with Gasteiger partial charge in [0, 0.05) is 18.7 Å². The van der Waals surface area contributed by atoms with Gasteiger partial charge < -0.3 is 15.4 Å². The summed E-state index contributed by atoms with van der Waals surface area (Å²) in [4.78, 5) is 24.2. The van der Waals surface area contributed by atoms with E-state index in [0.717, 1.165) is 0 Å². The zero-order valence-electron chi connectivity index (χ0n) is 14.9. The molecule has 26 heavy (non-hydrogen) atoms. The smallest absolute Gasteiger partial charge is 0.252 e. The van der Waals surface area contributed by atoms with Crippen LogP contribution in [0.5, 0.6) is 5.75 Å². The number of hydrogen-bond donors (Lipinski definition) is 2. The van der Waals surface area contributed by atoms with Gasteiger partial charge in [0.05, 0.1) is 17.2 Å². The minimum absolute atomic E-state index is 0.216. The van der Waals surface area contributed by atoms with Crippen molar-refractivity contribution in [3.63, 3.8) is 0 Å². The van der Waals surface area contributed by atoms with Crippen molar-refractivity contribution >= 4 is 23.4 Å². The Kier molecular flexibility index (Phi) is 7.48. The van der Waals surface area contributed by atoms with E-state index in [4.69, 9.17) is 16.3 Å². The maximum Gasteiger partial charge on any atom is 0.252 e. The second kappa shape index (κ2) is 9.82. The molecule has 0 saturated heterocycles. The molecule has 6 heteroatoms. The lowest BCUT2D eigenvalue weighted by Crippen LogP contribution is -2.34. The van der Waals surface area contributed by atoms with Crippen molar-refractivity contribution in [3.8, 4) is 5.75 Å². The Bertz CT molecular complexity index is 762. The van der Waals surface area contributed by atoms with E-state index in [1.807, 2.05) is 6.07 Å². The molecular formula is C20H23ClN2O3. The molecule has 2 aromatic carbocycles. The number of carbonyl (C=O) groups is 2. The number of ether oxygens (including phenoxy) is 1. The highest BCUT2D eigenvalue weighted by atomic mass is 35.5. The topological polar surface area (TPSA) is 67.4 Å². The van der Waals surface area contributed by atoms with Gasteiger partial charge in [-0.2, -0.15) is 0 Å². The fourth-order valence-corrected chi connectivity index (χ4v) is 2.41. The first-order valence-corrected chi connectivity index (χ1v) is 8.89. The molecule has 0 aliphatic rings. The van der Waals surface area contributed by atoms with Gasteiger partial charge in [0.1, 0.15) is 5.75 Å². The maximum absolute atomic E-state index is 12.2. The molecule has 0 heterocycles. The molecule has 2 aromatic rings. The fraction of sp³-hybridized carbons (Fsp3) is 0.300. The summed E-state index contributed by atoms with van der Waals surface area (Å²) in [6.07, 6.45) is 0. The molecule has 0 saturated carbocycles. The number of nitrogens with one attached hydrogen (secondary N) is 2. The molecule has 0 radical (unpaired) electrons. The predicted octanol–water partition coefficient (Wildman–Crippen LogP) is 3.53. The van der Waals surface area contributed by atoms with Crippen LogP contribution in [0, 0.1) is 5.92 Å². The standard InChI is InChI=1S/C20H23ClN2O3/c1-14(2)13-26-16-7-5-6-15(12-16)19(24)22-10-11-23-20(25)17-8-3-4-9-18(17)21/h3-9,12,14H,10-11,13H2,1-2H3,(H,22,24)(H,23,25). The number of hydrogen-bond acceptors (Lipinski definition) is 3. The lowest BCUT2D eigenvalue weighted by molar-refractivity contribution is 0.0927. The van der Waals surface area contributed by atoms with Crippen LogP contribution in [0.2, 0.25) is 5.02 Å². The monoisotopic (exact) mass is 374 g/mol. The summed E-state index contributed by atoms with van der Waals surface area (Å²) >= 11 is 5.98. The van der Waals surface area contributed by atoms with Gasteiger partial charge in [-0.15, -0.1) is 0 Å². The van der Waals surface area contributed by atoms with Crippen LogP contribution in [0.15, 0.2) is 48.5 Å². The molecule has 2 rings (SSSR count). The summed E-state index contributed by atoms with van der Waals surface area (Å²) in [5, 5.41) is 5.89. The van der Waals surface area contributed by atoms with Gasteiger partial charge in [0.15, 0.2) is 0 Å². The quantitative estimate of drug-likeness (QED) is 0.694. The SMILES string of the molecule is CC(C)COc1cccc(C(=O)NCCNC(=O)c2ccccc2Cl)c1. The third kappa shape index (κ3) is 6.08. The van der Waals surface area contributed by atoms with E-state index in [0.29, 0.717) is 47.5 Å². The van der Waals surface area contributed by atoms with Crippen LogP contribution in [-0.2, 0) is 0 Å². The second-order valence-electron chi connectivity index (χ2n) is 6.22. The van der Waals surface area contributed by atoms with Crippen molar-refractivity contribution in [1.82, 2.24) is 10.6 Å². The molecular weight excluding hydrogens is 352 g/mol. The molecule has 0 aliphatic heterocycles. The van der Waals surface area contributed by atoms with E-state index >= 15 is 0 Å². The average Bonchev–Trinajstić information content (AvgIpc) is 2.63. The van der Waals surface area contributed by atoms with Gasteiger partial charge in [-0.25, -0.2) is 0 Å². The summed E-state index contributed by atoms with van der Waals surface area (Å²) in [7, 11) is 0. The van der Waals surface area contributed by atoms with E-state index in [1.165, 1.54) is 0 Å². The van der Waals surface area contributed by atoms with Crippen molar-refractivity contribution in [2.75, 3.05) is 19.7 Å². The van der Waals surface area contributed by atoms with Crippen molar-refractivity contribution in [2.24, 2.45) is 5.92 Å². The molecule has 0 spiro atoms. The van der Waals surface area contributed by atoms with Gasteiger partial charge in [0.2, 0.25) is 0 Å². The minimum atomic E-state index is -0.270. The highest BCUT2D eigenvalue weighted by molar-refractivity contribution is 6.33. The van der Waals surface area contributed by atoms with Gasteiger partial charge in [-0.3, -0.25) is 9.59 Å². The predicted molar refractivity (Wildman–Crippen MR) is 103 cm³/mol. The third-order valence-corrected chi connectivity index (χ3v) is 3.82. The van der Waals surface area contributed by atoms with Crippen molar-refractivity contribution < 1.29 is 14.3 Å². The molecule has 0 fully saturated rings. The van der Waals surface area contributed by atoms with Gasteiger partial charge in [-0.05, 0) is 36.2 Å². The number of rotatable bonds is 8. The molecule has 0 aliphatic carbocycles. The first kappa shape index (κ1) is 19.8. The Morgan fingerprint density at radius 3 is 2.38 bits per heavy atom. The summed E-state index contributed by atoms with van der Waals surface area (Å²) in [5.74, 6) is 0.591. The molecule has 0 aromatic heterocycles. The zero-order valence-corrected chi connectivity index (χ0v) is 15.7. The molecule has 2 amide bonds. The van der Waals surface area contributed by atoms with Crippen molar-refractivity contribution in [2.45, 2.75) is 13.8 Å². The lowest BCUT2D eigenvalue weighted by atomic mass is 10.2. The molecule has 5 nitrogen and oxygen atoms in total. The fourth-order valence-electron chi connectivity index (χ4n) is 2.18. The van der Waals surface area contributed by atoms with Crippen molar-refractivity contribution in [1.29, 1.82) is 0 Å². The Morgan fingerprint density at radius 2 is 1.69 bits per heavy atom. The molecule has 0 bridgehead atoms. The van der Waals surface area contributed by atoms with E-state index in [9.17, 15) is 9.59 Å². The Morgan fingerprint density at radius 1 is 1.00 bits per heavy atom. The zero-order chi connectivity index (χ0) is 18.9.